The van der Waals surface area contributed by atoms with Crippen LogP contribution in [-0.4, -0.2) is 16.1 Å². The number of hydrogen-bond acceptors (Lipinski definition) is 3. The number of rotatable bonds is 3. The number of halogens is 2. The maximum absolute atomic E-state index is 11.0. The van der Waals surface area contributed by atoms with Gasteiger partial charge < -0.3 is 10.4 Å². The van der Waals surface area contributed by atoms with Crippen LogP contribution in [0.25, 0.3) is 0 Å². The van der Waals surface area contributed by atoms with Gasteiger partial charge in [-0.15, -0.1) is 0 Å². The lowest BCUT2D eigenvalue weighted by molar-refractivity contribution is 0.0697. The second kappa shape index (κ2) is 5.25. The van der Waals surface area contributed by atoms with Crippen molar-refractivity contribution in [2.45, 2.75) is 0 Å². The summed E-state index contributed by atoms with van der Waals surface area (Å²) in [7, 11) is 0. The second-order valence-corrected chi connectivity index (χ2v) is 4.26. The molecule has 0 bridgehead atoms. The fourth-order valence-electron chi connectivity index (χ4n) is 1.43. The van der Waals surface area contributed by atoms with E-state index in [9.17, 15) is 4.79 Å². The van der Waals surface area contributed by atoms with Gasteiger partial charge in [0.05, 0.1) is 21.4 Å². The zero-order valence-corrected chi connectivity index (χ0v) is 10.5. The Kier molecular flexibility index (Phi) is 3.69. The number of nitrogens with zero attached hydrogens (tertiary/aromatic N) is 1. The first-order valence-electron chi connectivity index (χ1n) is 4.98. The summed E-state index contributed by atoms with van der Waals surface area (Å²) in [5.41, 5.74) is 0.899. The van der Waals surface area contributed by atoms with Crippen molar-refractivity contribution in [2.75, 3.05) is 5.32 Å². The lowest BCUT2D eigenvalue weighted by Gasteiger charge is -2.11. The minimum Gasteiger partial charge on any atom is -0.478 e. The van der Waals surface area contributed by atoms with Crippen LogP contribution < -0.4 is 5.32 Å². The van der Waals surface area contributed by atoms with E-state index in [0.717, 1.165) is 0 Å². The van der Waals surface area contributed by atoms with E-state index < -0.39 is 5.97 Å². The Bertz CT molecular complexity index is 582. The molecule has 2 rings (SSSR count). The first kappa shape index (κ1) is 12.7. The van der Waals surface area contributed by atoms with Gasteiger partial charge in [0.1, 0.15) is 5.56 Å². The number of para-hydroxylation sites is 1. The molecule has 1 aromatic heterocycles. The van der Waals surface area contributed by atoms with Crippen LogP contribution in [-0.2, 0) is 0 Å². The van der Waals surface area contributed by atoms with Crippen molar-refractivity contribution in [3.8, 4) is 0 Å². The maximum Gasteiger partial charge on any atom is 0.339 e. The Morgan fingerprint density at radius 3 is 2.50 bits per heavy atom. The summed E-state index contributed by atoms with van der Waals surface area (Å²) in [6.45, 7) is 0. The number of pyridine rings is 1. The van der Waals surface area contributed by atoms with Crippen LogP contribution >= 0.6 is 23.2 Å². The molecule has 4 nitrogen and oxygen atoms in total. The molecule has 0 spiro atoms. The number of carboxylic acids is 1. The van der Waals surface area contributed by atoms with Crippen molar-refractivity contribution >= 4 is 40.5 Å². The Balaban J connectivity index is 2.43. The van der Waals surface area contributed by atoms with Crippen LogP contribution in [0.4, 0.5) is 11.4 Å². The van der Waals surface area contributed by atoms with E-state index in [1.165, 1.54) is 12.4 Å². The summed E-state index contributed by atoms with van der Waals surface area (Å²) < 4.78 is 0. The molecule has 1 aromatic carbocycles. The minimum absolute atomic E-state index is 0.0495. The Hall–Kier alpha value is -1.78. The molecule has 0 aliphatic carbocycles. The van der Waals surface area contributed by atoms with Gasteiger partial charge in [0, 0.05) is 12.4 Å². The van der Waals surface area contributed by atoms with Gasteiger partial charge in [-0.05, 0) is 18.2 Å². The van der Waals surface area contributed by atoms with Gasteiger partial charge in [0.2, 0.25) is 0 Å². The number of hydrogen-bond donors (Lipinski definition) is 2. The van der Waals surface area contributed by atoms with Gasteiger partial charge in [0.25, 0.3) is 0 Å². The lowest BCUT2D eigenvalue weighted by Crippen LogP contribution is -2.03. The highest BCUT2D eigenvalue weighted by atomic mass is 35.5. The van der Waals surface area contributed by atoms with Crippen LogP contribution in [0.2, 0.25) is 10.0 Å². The van der Waals surface area contributed by atoms with Crippen molar-refractivity contribution in [1.82, 2.24) is 4.98 Å². The molecule has 1 heterocycles. The molecular weight excluding hydrogens is 275 g/mol. The zero-order valence-electron chi connectivity index (χ0n) is 9.02. The highest BCUT2D eigenvalue weighted by Gasteiger charge is 2.12. The van der Waals surface area contributed by atoms with Crippen molar-refractivity contribution in [2.24, 2.45) is 0 Å². The average Bonchev–Trinajstić information content (AvgIpc) is 2.34. The third kappa shape index (κ3) is 2.55. The quantitative estimate of drug-likeness (QED) is 0.898. The van der Waals surface area contributed by atoms with E-state index in [4.69, 9.17) is 28.3 Å². The van der Waals surface area contributed by atoms with E-state index in [1.807, 2.05) is 0 Å². The summed E-state index contributed by atoms with van der Waals surface area (Å²) in [6, 6.07) is 6.58. The summed E-state index contributed by atoms with van der Waals surface area (Å²) in [5.74, 6) is -1.08. The van der Waals surface area contributed by atoms with Crippen LogP contribution in [0.3, 0.4) is 0 Å². The van der Waals surface area contributed by atoms with Crippen molar-refractivity contribution in [3.05, 3.63) is 52.3 Å². The molecule has 92 valence electrons. The summed E-state index contributed by atoms with van der Waals surface area (Å²) in [4.78, 5) is 14.8. The number of nitrogens with one attached hydrogen (secondary N) is 1. The minimum atomic E-state index is -1.08. The van der Waals surface area contributed by atoms with E-state index in [2.05, 4.69) is 10.3 Å². The van der Waals surface area contributed by atoms with Crippen molar-refractivity contribution in [1.29, 1.82) is 0 Å². The predicted octanol–water partition coefficient (Wildman–Crippen LogP) is 3.83. The SMILES string of the molecule is O=C(O)c1cnccc1Nc1c(Cl)cccc1Cl. The largest absolute Gasteiger partial charge is 0.478 e. The van der Waals surface area contributed by atoms with Gasteiger partial charge in [-0.1, -0.05) is 29.3 Å². The van der Waals surface area contributed by atoms with Crippen LogP contribution in [0.15, 0.2) is 36.7 Å². The number of aromatic nitrogens is 1. The van der Waals surface area contributed by atoms with Gasteiger partial charge in [-0.25, -0.2) is 4.79 Å². The number of anilines is 2. The molecule has 0 fully saturated rings. The first-order chi connectivity index (χ1) is 8.59. The highest BCUT2D eigenvalue weighted by molar-refractivity contribution is 6.39. The molecule has 2 aromatic rings. The molecule has 0 saturated heterocycles. The monoisotopic (exact) mass is 282 g/mol. The Morgan fingerprint density at radius 1 is 1.22 bits per heavy atom. The third-order valence-electron chi connectivity index (χ3n) is 2.27. The molecule has 0 radical (unpaired) electrons. The maximum atomic E-state index is 11.0. The molecule has 0 atom stereocenters. The summed E-state index contributed by atoms with van der Waals surface area (Å²) in [5, 5.41) is 12.8. The molecular formula is C12H8Cl2N2O2. The van der Waals surface area contributed by atoms with Crippen molar-refractivity contribution < 1.29 is 9.90 Å². The van der Waals surface area contributed by atoms with Crippen molar-refractivity contribution in [3.63, 3.8) is 0 Å². The van der Waals surface area contributed by atoms with E-state index >= 15 is 0 Å². The van der Waals surface area contributed by atoms with Gasteiger partial charge in [-0.2, -0.15) is 0 Å². The number of carbonyl (C=O) groups is 1. The molecule has 0 amide bonds. The van der Waals surface area contributed by atoms with Gasteiger partial charge >= 0.3 is 5.97 Å². The molecule has 18 heavy (non-hydrogen) atoms. The molecule has 0 saturated carbocycles. The van der Waals surface area contributed by atoms with Gasteiger partial charge in [0.15, 0.2) is 0 Å². The van der Waals surface area contributed by atoms with E-state index in [0.29, 0.717) is 21.4 Å². The average molecular weight is 283 g/mol. The number of aromatic carboxylic acids is 1. The zero-order chi connectivity index (χ0) is 13.1. The first-order valence-corrected chi connectivity index (χ1v) is 5.73. The highest BCUT2D eigenvalue weighted by Crippen LogP contribution is 2.33. The molecule has 0 aliphatic heterocycles. The van der Waals surface area contributed by atoms with E-state index in [-0.39, 0.29) is 5.56 Å². The summed E-state index contributed by atoms with van der Waals surface area (Å²) in [6.07, 6.45) is 2.74. The molecule has 6 heteroatoms. The number of benzene rings is 1. The lowest BCUT2D eigenvalue weighted by atomic mass is 10.2. The molecule has 0 unspecified atom stereocenters. The smallest absolute Gasteiger partial charge is 0.339 e. The second-order valence-electron chi connectivity index (χ2n) is 3.45. The fraction of sp³-hybridized carbons (Fsp3) is 0. The topological polar surface area (TPSA) is 62.2 Å². The number of carboxylic acid groups (broad SMARTS) is 1. The van der Waals surface area contributed by atoms with Gasteiger partial charge in [-0.3, -0.25) is 4.98 Å². The van der Waals surface area contributed by atoms with Crippen LogP contribution in [0.1, 0.15) is 10.4 Å². The fourth-order valence-corrected chi connectivity index (χ4v) is 1.92. The van der Waals surface area contributed by atoms with E-state index in [1.54, 1.807) is 24.3 Å². The standard InChI is InChI=1S/C12H8Cl2N2O2/c13-8-2-1-3-9(14)11(8)16-10-4-5-15-6-7(10)12(17)18/h1-6H,(H,15,16)(H,17,18). The molecule has 2 N–H and O–H groups in total. The predicted molar refractivity (Wildman–Crippen MR) is 70.9 cm³/mol. The van der Waals surface area contributed by atoms with Crippen LogP contribution in [0.5, 0.6) is 0 Å². The van der Waals surface area contributed by atoms with Crippen LogP contribution in [0, 0.1) is 0 Å². The summed E-state index contributed by atoms with van der Waals surface area (Å²) >= 11 is 12.0. The normalized spacial score (nSPS) is 10.1. The molecule has 0 aliphatic rings. The Morgan fingerprint density at radius 2 is 1.89 bits per heavy atom. The Labute approximate surface area is 113 Å². The third-order valence-corrected chi connectivity index (χ3v) is 2.90.